The number of halogens is 2. The average molecular weight is 299 g/mol. The summed E-state index contributed by atoms with van der Waals surface area (Å²) in [7, 11) is 0. The lowest BCUT2D eigenvalue weighted by molar-refractivity contribution is 0.123. The van der Waals surface area contributed by atoms with Crippen molar-refractivity contribution in [3.8, 4) is 0 Å². The summed E-state index contributed by atoms with van der Waals surface area (Å²) < 4.78 is 21.0. The highest BCUT2D eigenvalue weighted by Gasteiger charge is 2.11. The Kier molecular flexibility index (Phi) is 5.80. The number of alkyl halides is 1. The molecule has 1 aromatic heterocycles. The maximum Gasteiger partial charge on any atom is 0.125 e. The zero-order valence-corrected chi connectivity index (χ0v) is 12.5. The molecule has 0 fully saturated rings. The van der Waals surface area contributed by atoms with Crippen LogP contribution in [0.2, 0.25) is 0 Å². The van der Waals surface area contributed by atoms with Crippen LogP contribution in [0.1, 0.15) is 25.6 Å². The predicted molar refractivity (Wildman–Crippen MR) is 79.8 cm³/mol. The van der Waals surface area contributed by atoms with Crippen molar-refractivity contribution >= 4 is 22.6 Å². The lowest BCUT2D eigenvalue weighted by Gasteiger charge is -2.09. The average Bonchev–Trinajstić information content (AvgIpc) is 2.76. The number of benzene rings is 1. The number of fused-ring (bicyclic) bond motifs is 1. The third-order valence-corrected chi connectivity index (χ3v) is 3.40. The molecule has 110 valence electrons. The number of aromatic nitrogens is 2. The highest BCUT2D eigenvalue weighted by atomic mass is 35.5. The molecule has 0 radical (unpaired) electrons. The van der Waals surface area contributed by atoms with Crippen LogP contribution in [0.4, 0.5) is 4.39 Å². The minimum atomic E-state index is -0.247. The molecule has 3 nitrogen and oxygen atoms in total. The van der Waals surface area contributed by atoms with Gasteiger partial charge in [0.25, 0.3) is 0 Å². The first-order valence-electron chi connectivity index (χ1n) is 7.04. The Labute approximate surface area is 123 Å². The largest absolute Gasteiger partial charge is 0.380 e. The summed E-state index contributed by atoms with van der Waals surface area (Å²) in [5, 5.41) is 0. The van der Waals surface area contributed by atoms with Crippen LogP contribution in [0, 0.1) is 5.82 Å². The Morgan fingerprint density at radius 3 is 2.95 bits per heavy atom. The van der Waals surface area contributed by atoms with E-state index in [2.05, 4.69) is 11.9 Å². The molecule has 0 atom stereocenters. The molecule has 0 aliphatic rings. The van der Waals surface area contributed by atoms with E-state index in [1.54, 1.807) is 6.07 Å². The zero-order valence-electron chi connectivity index (χ0n) is 11.7. The van der Waals surface area contributed by atoms with Crippen molar-refractivity contribution in [3.05, 3.63) is 29.8 Å². The molecule has 0 unspecified atom stereocenters. The van der Waals surface area contributed by atoms with Gasteiger partial charge < -0.3 is 9.30 Å². The van der Waals surface area contributed by atoms with E-state index < -0.39 is 0 Å². The highest BCUT2D eigenvalue weighted by Crippen LogP contribution is 2.18. The van der Waals surface area contributed by atoms with Gasteiger partial charge in [0.1, 0.15) is 11.6 Å². The summed E-state index contributed by atoms with van der Waals surface area (Å²) in [6.07, 6.45) is 2.86. The van der Waals surface area contributed by atoms with Gasteiger partial charge >= 0.3 is 0 Å². The van der Waals surface area contributed by atoms with Crippen molar-refractivity contribution in [1.29, 1.82) is 0 Å². The molecule has 0 spiro atoms. The molecule has 0 amide bonds. The van der Waals surface area contributed by atoms with E-state index in [4.69, 9.17) is 16.3 Å². The smallest absolute Gasteiger partial charge is 0.125 e. The molecule has 2 aromatic rings. The Morgan fingerprint density at radius 2 is 2.20 bits per heavy atom. The Morgan fingerprint density at radius 1 is 1.35 bits per heavy atom. The number of imidazole rings is 1. The van der Waals surface area contributed by atoms with Crippen LogP contribution >= 0.6 is 11.6 Å². The molecule has 0 bridgehead atoms. The predicted octanol–water partition coefficient (Wildman–Crippen LogP) is 3.77. The molecule has 1 heterocycles. The van der Waals surface area contributed by atoms with E-state index in [9.17, 15) is 4.39 Å². The summed E-state index contributed by atoms with van der Waals surface area (Å²) in [6.45, 7) is 4.18. The summed E-state index contributed by atoms with van der Waals surface area (Å²) in [4.78, 5) is 4.51. The molecule has 2 rings (SSSR count). The second-order valence-electron chi connectivity index (χ2n) is 4.72. The SMILES string of the molecule is CCCCOCCn1c(CCCl)nc2ccc(F)cc21. The summed E-state index contributed by atoms with van der Waals surface area (Å²) >= 11 is 5.81. The second kappa shape index (κ2) is 7.60. The number of unbranched alkanes of at least 4 members (excludes halogenated alkanes) is 1. The van der Waals surface area contributed by atoms with Gasteiger partial charge in [-0.2, -0.15) is 0 Å². The van der Waals surface area contributed by atoms with Gasteiger partial charge in [-0.05, 0) is 24.6 Å². The van der Waals surface area contributed by atoms with Gasteiger partial charge in [-0.25, -0.2) is 9.37 Å². The first-order valence-corrected chi connectivity index (χ1v) is 7.58. The Balaban J connectivity index is 2.15. The molecule has 0 saturated carbocycles. The molecular formula is C15H20ClFN2O. The summed E-state index contributed by atoms with van der Waals surface area (Å²) in [5.74, 6) is 1.14. The van der Waals surface area contributed by atoms with Gasteiger partial charge in [0.05, 0.1) is 17.6 Å². The number of rotatable bonds is 8. The maximum atomic E-state index is 13.4. The zero-order chi connectivity index (χ0) is 14.4. The van der Waals surface area contributed by atoms with Crippen molar-refractivity contribution in [2.75, 3.05) is 19.1 Å². The van der Waals surface area contributed by atoms with Gasteiger partial charge in [0, 0.05) is 25.5 Å². The molecule has 1 aromatic carbocycles. The van der Waals surface area contributed by atoms with Crippen LogP contribution in [0.15, 0.2) is 18.2 Å². The number of ether oxygens (including phenoxy) is 1. The number of nitrogens with zero attached hydrogens (tertiary/aromatic N) is 2. The second-order valence-corrected chi connectivity index (χ2v) is 5.10. The monoisotopic (exact) mass is 298 g/mol. The van der Waals surface area contributed by atoms with Crippen LogP contribution in [0.5, 0.6) is 0 Å². The first kappa shape index (κ1) is 15.3. The molecule has 20 heavy (non-hydrogen) atoms. The lowest BCUT2D eigenvalue weighted by Crippen LogP contribution is -2.10. The van der Waals surface area contributed by atoms with Gasteiger partial charge in [-0.3, -0.25) is 0 Å². The minimum Gasteiger partial charge on any atom is -0.380 e. The van der Waals surface area contributed by atoms with Crippen molar-refractivity contribution in [1.82, 2.24) is 9.55 Å². The summed E-state index contributed by atoms with van der Waals surface area (Å²) in [6, 6.07) is 4.66. The van der Waals surface area contributed by atoms with Crippen LogP contribution in [0.3, 0.4) is 0 Å². The minimum absolute atomic E-state index is 0.247. The standard InChI is InChI=1S/C15H20ClFN2O/c1-2-3-9-20-10-8-19-14-11-12(17)4-5-13(14)18-15(19)6-7-16/h4-5,11H,2-3,6-10H2,1H3. The van der Waals surface area contributed by atoms with E-state index in [0.717, 1.165) is 36.3 Å². The van der Waals surface area contributed by atoms with E-state index in [-0.39, 0.29) is 5.82 Å². The molecular weight excluding hydrogens is 279 g/mol. The third-order valence-electron chi connectivity index (χ3n) is 3.21. The maximum absolute atomic E-state index is 13.4. The Hall–Kier alpha value is -1.13. The topological polar surface area (TPSA) is 27.1 Å². The fraction of sp³-hybridized carbons (Fsp3) is 0.533. The van der Waals surface area contributed by atoms with Gasteiger partial charge in [-0.15, -0.1) is 11.6 Å². The molecule has 5 heteroatoms. The molecule has 0 saturated heterocycles. The van der Waals surface area contributed by atoms with Crippen LogP contribution in [-0.2, 0) is 17.7 Å². The fourth-order valence-corrected chi connectivity index (χ4v) is 2.34. The number of hydrogen-bond acceptors (Lipinski definition) is 2. The normalized spacial score (nSPS) is 11.3. The number of hydrogen-bond donors (Lipinski definition) is 0. The van der Waals surface area contributed by atoms with Crippen molar-refractivity contribution in [2.45, 2.75) is 32.7 Å². The van der Waals surface area contributed by atoms with Gasteiger partial charge in [0.15, 0.2) is 0 Å². The molecule has 0 aliphatic carbocycles. The van der Waals surface area contributed by atoms with Crippen molar-refractivity contribution < 1.29 is 9.13 Å². The van der Waals surface area contributed by atoms with E-state index >= 15 is 0 Å². The van der Waals surface area contributed by atoms with E-state index in [0.29, 0.717) is 25.5 Å². The fourth-order valence-electron chi connectivity index (χ4n) is 2.17. The first-order chi connectivity index (χ1) is 9.76. The lowest BCUT2D eigenvalue weighted by atomic mass is 10.3. The third kappa shape index (κ3) is 3.70. The van der Waals surface area contributed by atoms with Crippen molar-refractivity contribution in [2.24, 2.45) is 0 Å². The quantitative estimate of drug-likeness (QED) is 0.548. The number of aryl methyl sites for hydroxylation is 1. The van der Waals surface area contributed by atoms with Crippen LogP contribution < -0.4 is 0 Å². The van der Waals surface area contributed by atoms with Crippen molar-refractivity contribution in [3.63, 3.8) is 0 Å². The summed E-state index contributed by atoms with van der Waals surface area (Å²) in [5.41, 5.74) is 1.62. The van der Waals surface area contributed by atoms with Crippen LogP contribution in [-0.4, -0.2) is 28.6 Å². The van der Waals surface area contributed by atoms with E-state index in [1.807, 2.05) is 4.57 Å². The van der Waals surface area contributed by atoms with E-state index in [1.165, 1.54) is 12.1 Å². The Bertz CT molecular complexity index is 556. The highest BCUT2D eigenvalue weighted by molar-refractivity contribution is 6.17. The van der Waals surface area contributed by atoms with Crippen LogP contribution in [0.25, 0.3) is 11.0 Å². The molecule has 0 N–H and O–H groups in total. The molecule has 0 aliphatic heterocycles. The van der Waals surface area contributed by atoms with Gasteiger partial charge in [-0.1, -0.05) is 13.3 Å². The van der Waals surface area contributed by atoms with Gasteiger partial charge in [0.2, 0.25) is 0 Å².